The number of carbonyl (C=O) groups excluding carboxylic acids is 2. The van der Waals surface area contributed by atoms with E-state index in [2.05, 4.69) is 50.5 Å². The molecule has 0 saturated carbocycles. The van der Waals surface area contributed by atoms with Crippen LogP contribution in [-0.4, -0.2) is 60.3 Å². The van der Waals surface area contributed by atoms with Gasteiger partial charge in [0.15, 0.2) is 0 Å². The van der Waals surface area contributed by atoms with Crippen molar-refractivity contribution in [3.63, 3.8) is 0 Å². The molecule has 3 aromatic carbocycles. The largest absolute Gasteiger partial charge is 0.496 e. The van der Waals surface area contributed by atoms with E-state index in [4.69, 9.17) is 42.1 Å². The minimum absolute atomic E-state index is 0.0719. The van der Waals surface area contributed by atoms with Gasteiger partial charge in [-0.3, -0.25) is 9.97 Å². The minimum atomic E-state index is -0.644. The number of hydrogen-bond acceptors (Lipinski definition) is 12. The van der Waals surface area contributed by atoms with Gasteiger partial charge < -0.3 is 29.6 Å². The summed E-state index contributed by atoms with van der Waals surface area (Å²) in [6, 6.07) is 23.4. The molecule has 352 valence electrons. The molecule has 0 spiro atoms. The molecule has 2 N–H and O–H groups in total. The van der Waals surface area contributed by atoms with Crippen LogP contribution in [-0.2, 0) is 9.47 Å². The predicted octanol–water partition coefficient (Wildman–Crippen LogP) is 13.5. The Bertz CT molecular complexity index is 3010. The lowest BCUT2D eigenvalue weighted by Crippen LogP contribution is -2.11. The maximum absolute atomic E-state index is 15.0. The second kappa shape index (κ2) is 22.1. The van der Waals surface area contributed by atoms with Gasteiger partial charge in [0.25, 0.3) is 0 Å². The van der Waals surface area contributed by atoms with Crippen LogP contribution in [0.1, 0.15) is 82.6 Å². The maximum Gasteiger partial charge on any atom is 0.341 e. The second-order valence-corrected chi connectivity index (χ2v) is 16.7. The van der Waals surface area contributed by atoms with Gasteiger partial charge in [-0.2, -0.15) is 0 Å². The van der Waals surface area contributed by atoms with Crippen molar-refractivity contribution >= 4 is 58.2 Å². The zero-order valence-electron chi connectivity index (χ0n) is 39.1. The standard InChI is InChI=1S/C29H27ClFN3O3.C23H23ClFN3O3/c1-16(2)18-9-6-7-10-19(18)26-25(17(3)13-14-32-26)33-28-20(29(35)37-5)15-21(30)27(34-28)24-22(31)11-8-12-23(24)36-4;1-12(2)19-20(13(3)9-10-26-19)27-22-14(23(29)31-5)11-15(24)21(28-22)18-16(25)7-6-8-17(18)30-4/h6-16H,1-5H3,(H,33,34);6-12H,1-5H3,(H,27,28). The average Bonchev–Trinajstić information content (AvgIpc) is 3.33. The zero-order chi connectivity index (χ0) is 49.4. The van der Waals surface area contributed by atoms with Crippen molar-refractivity contribution in [3.05, 3.63) is 153 Å². The molecule has 0 aliphatic rings. The van der Waals surface area contributed by atoms with Crippen LogP contribution in [0.25, 0.3) is 33.8 Å². The van der Waals surface area contributed by atoms with Gasteiger partial charge in [-0.25, -0.2) is 28.3 Å². The maximum atomic E-state index is 15.0. The van der Waals surface area contributed by atoms with Crippen LogP contribution in [0.15, 0.2) is 97.3 Å². The molecule has 4 aromatic heterocycles. The van der Waals surface area contributed by atoms with E-state index in [-0.39, 0.29) is 78.7 Å². The fourth-order valence-electron chi connectivity index (χ4n) is 7.41. The number of hydrogen-bond donors (Lipinski definition) is 2. The molecule has 0 radical (unpaired) electrons. The number of methoxy groups -OCH3 is 4. The van der Waals surface area contributed by atoms with Gasteiger partial charge in [0.05, 0.1) is 83.8 Å². The van der Waals surface area contributed by atoms with Gasteiger partial charge >= 0.3 is 11.9 Å². The van der Waals surface area contributed by atoms with E-state index in [1.54, 1.807) is 24.5 Å². The lowest BCUT2D eigenvalue weighted by Gasteiger charge is -2.20. The summed E-state index contributed by atoms with van der Waals surface area (Å²) in [5.41, 5.74) is 7.39. The third-order valence-corrected chi connectivity index (χ3v) is 11.4. The minimum Gasteiger partial charge on any atom is -0.496 e. The highest BCUT2D eigenvalue weighted by atomic mass is 35.5. The molecule has 68 heavy (non-hydrogen) atoms. The van der Waals surface area contributed by atoms with E-state index in [1.165, 1.54) is 64.8 Å². The van der Waals surface area contributed by atoms with E-state index in [0.717, 1.165) is 27.9 Å². The lowest BCUT2D eigenvalue weighted by atomic mass is 9.93. The molecule has 0 fully saturated rings. The summed E-state index contributed by atoms with van der Waals surface area (Å²) >= 11 is 12.9. The number of nitrogens with one attached hydrogen (secondary N) is 2. The number of carbonyl (C=O) groups is 2. The van der Waals surface area contributed by atoms with E-state index >= 15 is 0 Å². The number of aromatic nitrogens is 4. The van der Waals surface area contributed by atoms with Gasteiger partial charge in [-0.15, -0.1) is 0 Å². The van der Waals surface area contributed by atoms with Crippen molar-refractivity contribution in [2.75, 3.05) is 39.1 Å². The summed E-state index contributed by atoms with van der Waals surface area (Å²) in [5.74, 6) is -1.16. The van der Waals surface area contributed by atoms with Crippen LogP contribution in [0, 0.1) is 25.5 Å². The van der Waals surface area contributed by atoms with Crippen molar-refractivity contribution in [1.82, 2.24) is 19.9 Å². The molecule has 0 atom stereocenters. The van der Waals surface area contributed by atoms with Crippen molar-refractivity contribution in [2.24, 2.45) is 0 Å². The normalized spacial score (nSPS) is 10.9. The van der Waals surface area contributed by atoms with Crippen molar-refractivity contribution in [3.8, 4) is 45.3 Å². The highest BCUT2D eigenvalue weighted by molar-refractivity contribution is 6.34. The van der Waals surface area contributed by atoms with Gasteiger partial charge in [0.1, 0.15) is 45.9 Å². The fraction of sp³-hybridized carbons (Fsp3) is 0.231. The van der Waals surface area contributed by atoms with E-state index in [0.29, 0.717) is 17.1 Å². The molecule has 4 heterocycles. The third kappa shape index (κ3) is 10.7. The zero-order valence-corrected chi connectivity index (χ0v) is 40.7. The Hall–Kier alpha value is -7.16. The molecule has 0 amide bonds. The average molecular weight is 964 g/mol. The lowest BCUT2D eigenvalue weighted by molar-refractivity contribution is 0.0592. The van der Waals surface area contributed by atoms with Gasteiger partial charge in [0, 0.05) is 18.0 Å². The molecule has 0 aliphatic heterocycles. The van der Waals surface area contributed by atoms with Crippen LogP contribution in [0.3, 0.4) is 0 Å². The van der Waals surface area contributed by atoms with Crippen LogP contribution in [0.4, 0.5) is 31.8 Å². The Morgan fingerprint density at radius 3 is 1.53 bits per heavy atom. The van der Waals surface area contributed by atoms with Gasteiger partial charge in [-0.1, -0.05) is 87.3 Å². The van der Waals surface area contributed by atoms with Gasteiger partial charge in [-0.05, 0) is 90.9 Å². The molecular weight excluding hydrogens is 914 g/mol. The Kier molecular flexibility index (Phi) is 16.3. The first-order chi connectivity index (χ1) is 32.5. The fourth-order valence-corrected chi connectivity index (χ4v) is 7.90. The van der Waals surface area contributed by atoms with E-state index < -0.39 is 23.6 Å². The number of aryl methyl sites for hydroxylation is 2. The number of benzene rings is 3. The Morgan fingerprint density at radius 2 is 1.06 bits per heavy atom. The molecule has 0 aliphatic carbocycles. The topological polar surface area (TPSA) is 147 Å². The van der Waals surface area contributed by atoms with Crippen molar-refractivity contribution < 1.29 is 37.3 Å². The van der Waals surface area contributed by atoms with E-state index in [1.807, 2.05) is 58.0 Å². The number of esters is 2. The number of halogens is 4. The summed E-state index contributed by atoms with van der Waals surface area (Å²) in [5, 5.41) is 6.65. The smallest absolute Gasteiger partial charge is 0.341 e. The van der Waals surface area contributed by atoms with Crippen LogP contribution in [0.2, 0.25) is 10.0 Å². The molecular formula is C52H50Cl2F2N6O6. The first-order valence-corrected chi connectivity index (χ1v) is 22.1. The number of ether oxygens (including phenoxy) is 4. The van der Waals surface area contributed by atoms with Gasteiger partial charge in [0.2, 0.25) is 0 Å². The quantitative estimate of drug-likeness (QED) is 0.106. The number of anilines is 4. The SMILES string of the molecule is COC(=O)c1cc(Cl)c(-c2c(F)cccc2OC)nc1Nc1c(C)ccnc1-c1ccccc1C(C)C.COC(=O)c1cc(Cl)c(-c2c(F)cccc2OC)nc1Nc1c(C)ccnc1C(C)C. The van der Waals surface area contributed by atoms with E-state index in [9.17, 15) is 18.4 Å². The Balaban J connectivity index is 0.000000228. The first-order valence-electron chi connectivity index (χ1n) is 21.3. The molecule has 7 aromatic rings. The van der Waals surface area contributed by atoms with Crippen LogP contribution >= 0.6 is 23.2 Å². The monoisotopic (exact) mass is 962 g/mol. The second-order valence-electron chi connectivity index (χ2n) is 15.9. The first kappa shape index (κ1) is 50.3. The summed E-state index contributed by atoms with van der Waals surface area (Å²) in [4.78, 5) is 43.4. The Labute approximate surface area is 404 Å². The molecule has 7 rings (SSSR count). The number of rotatable bonds is 13. The molecule has 16 heteroatoms. The molecule has 0 saturated heterocycles. The summed E-state index contributed by atoms with van der Waals surface area (Å²) < 4.78 is 50.2. The highest BCUT2D eigenvalue weighted by Gasteiger charge is 2.26. The summed E-state index contributed by atoms with van der Waals surface area (Å²) in [6.45, 7) is 12.1. The van der Waals surface area contributed by atoms with Crippen molar-refractivity contribution in [1.29, 1.82) is 0 Å². The molecule has 0 unspecified atom stereocenters. The van der Waals surface area contributed by atoms with Crippen LogP contribution in [0.5, 0.6) is 11.5 Å². The van der Waals surface area contributed by atoms with Crippen molar-refractivity contribution in [2.45, 2.75) is 53.4 Å². The predicted molar refractivity (Wildman–Crippen MR) is 263 cm³/mol. The summed E-state index contributed by atoms with van der Waals surface area (Å²) in [6.07, 6.45) is 3.46. The summed E-state index contributed by atoms with van der Waals surface area (Å²) in [7, 11) is 5.41. The Morgan fingerprint density at radius 1 is 0.588 bits per heavy atom. The number of pyridine rings is 4. The molecule has 0 bridgehead atoms. The molecule has 12 nitrogen and oxygen atoms in total. The van der Waals surface area contributed by atoms with Crippen LogP contribution < -0.4 is 20.1 Å². The highest BCUT2D eigenvalue weighted by Crippen LogP contribution is 2.42. The third-order valence-electron chi connectivity index (χ3n) is 10.8. The number of nitrogens with zero attached hydrogens (tertiary/aromatic N) is 4.